The molecule has 0 aromatic heterocycles. The number of sulfonamides is 1. The number of carbonyl (C=O) groups is 1. The van der Waals surface area contributed by atoms with Gasteiger partial charge in [-0.05, 0) is 61.2 Å². The summed E-state index contributed by atoms with van der Waals surface area (Å²) in [4.78, 5) is 14.6. The zero-order chi connectivity index (χ0) is 20.1. The van der Waals surface area contributed by atoms with Crippen LogP contribution in [0, 0.1) is 0 Å². The van der Waals surface area contributed by atoms with Gasteiger partial charge >= 0.3 is 0 Å². The highest BCUT2D eigenvalue weighted by Gasteiger charge is 2.22. The second-order valence-electron chi connectivity index (χ2n) is 6.54. The quantitative estimate of drug-likeness (QED) is 0.711. The standard InChI is InChI=1S/C20H20Cl2N2O3S/c21-16-6-4-15(5-7-16)10-13-28(26,27)23-19-14-17(22)8-9-18(19)20(25)24-11-2-1-3-12-24/h4-10,13-14,23H,1-3,11-12H2/b13-10+. The molecule has 8 heteroatoms. The Balaban J connectivity index is 1.83. The number of nitrogens with zero attached hydrogens (tertiary/aromatic N) is 1. The molecule has 1 N–H and O–H groups in total. The van der Waals surface area contributed by atoms with Crippen LogP contribution in [0.2, 0.25) is 10.0 Å². The monoisotopic (exact) mass is 438 g/mol. The van der Waals surface area contributed by atoms with Gasteiger partial charge in [-0.2, -0.15) is 0 Å². The Hall–Kier alpha value is -2.02. The largest absolute Gasteiger partial charge is 0.339 e. The van der Waals surface area contributed by atoms with E-state index in [9.17, 15) is 13.2 Å². The number of likely N-dealkylation sites (tertiary alicyclic amines) is 1. The number of carbonyl (C=O) groups excluding carboxylic acids is 1. The molecule has 2 aromatic rings. The molecule has 5 nitrogen and oxygen atoms in total. The van der Waals surface area contributed by atoms with E-state index in [2.05, 4.69) is 4.72 Å². The Labute approximate surface area is 175 Å². The molecule has 3 rings (SSSR count). The lowest BCUT2D eigenvalue weighted by atomic mass is 10.1. The van der Waals surface area contributed by atoms with E-state index < -0.39 is 10.0 Å². The zero-order valence-electron chi connectivity index (χ0n) is 15.1. The summed E-state index contributed by atoms with van der Waals surface area (Å²) in [5.74, 6) is -0.198. The Kier molecular flexibility index (Phi) is 6.65. The second-order valence-corrected chi connectivity index (χ2v) is 8.98. The molecule has 1 heterocycles. The summed E-state index contributed by atoms with van der Waals surface area (Å²) < 4.78 is 27.5. The first-order chi connectivity index (χ1) is 13.3. The van der Waals surface area contributed by atoms with Crippen LogP contribution < -0.4 is 4.72 Å². The van der Waals surface area contributed by atoms with E-state index >= 15 is 0 Å². The Morgan fingerprint density at radius 1 is 0.964 bits per heavy atom. The highest BCUT2D eigenvalue weighted by Crippen LogP contribution is 2.25. The molecular weight excluding hydrogens is 419 g/mol. The molecule has 1 amide bonds. The van der Waals surface area contributed by atoms with Crippen LogP contribution in [0.4, 0.5) is 5.69 Å². The van der Waals surface area contributed by atoms with Gasteiger partial charge in [-0.1, -0.05) is 35.3 Å². The normalized spacial score (nSPS) is 15.0. The third-order valence-corrected chi connectivity index (χ3v) is 5.90. The fourth-order valence-corrected chi connectivity index (χ4v) is 4.16. The molecule has 1 saturated heterocycles. The van der Waals surface area contributed by atoms with Crippen LogP contribution in [0.5, 0.6) is 0 Å². The minimum absolute atomic E-state index is 0.170. The molecule has 0 unspecified atom stereocenters. The van der Waals surface area contributed by atoms with Crippen LogP contribution in [-0.4, -0.2) is 32.3 Å². The van der Waals surface area contributed by atoms with Gasteiger partial charge in [0.2, 0.25) is 0 Å². The molecule has 1 aliphatic rings. The molecule has 0 radical (unpaired) electrons. The maximum Gasteiger partial charge on any atom is 0.255 e. The van der Waals surface area contributed by atoms with Gasteiger partial charge < -0.3 is 4.90 Å². The predicted octanol–water partition coefficient (Wildman–Crippen LogP) is 5.03. The van der Waals surface area contributed by atoms with E-state index in [0.29, 0.717) is 28.7 Å². The molecule has 0 saturated carbocycles. The highest BCUT2D eigenvalue weighted by molar-refractivity contribution is 7.95. The number of rotatable bonds is 5. The average Bonchev–Trinajstić information content (AvgIpc) is 2.68. The minimum Gasteiger partial charge on any atom is -0.339 e. The molecule has 0 spiro atoms. The van der Waals surface area contributed by atoms with Crippen molar-refractivity contribution in [2.75, 3.05) is 17.8 Å². The summed E-state index contributed by atoms with van der Waals surface area (Å²) in [6.45, 7) is 1.34. The van der Waals surface area contributed by atoms with Crippen molar-refractivity contribution < 1.29 is 13.2 Å². The van der Waals surface area contributed by atoms with E-state index in [1.54, 1.807) is 41.3 Å². The number of hydrogen-bond donors (Lipinski definition) is 1. The van der Waals surface area contributed by atoms with Crippen LogP contribution >= 0.6 is 23.2 Å². The van der Waals surface area contributed by atoms with E-state index in [1.807, 2.05) is 0 Å². The predicted molar refractivity (Wildman–Crippen MR) is 114 cm³/mol. The van der Waals surface area contributed by atoms with Gasteiger partial charge in [0.25, 0.3) is 15.9 Å². The van der Waals surface area contributed by atoms with Gasteiger partial charge in [-0.25, -0.2) is 8.42 Å². The van der Waals surface area contributed by atoms with Crippen LogP contribution in [0.3, 0.4) is 0 Å². The number of benzene rings is 2. The first kappa shape index (κ1) is 20.7. The molecule has 0 aliphatic carbocycles. The molecule has 28 heavy (non-hydrogen) atoms. The van der Waals surface area contributed by atoms with Crippen LogP contribution in [-0.2, 0) is 10.0 Å². The Morgan fingerprint density at radius 3 is 2.29 bits per heavy atom. The Bertz CT molecular complexity index is 983. The summed E-state index contributed by atoms with van der Waals surface area (Å²) in [6.07, 6.45) is 4.45. The molecule has 0 bridgehead atoms. The molecule has 0 atom stereocenters. The summed E-state index contributed by atoms with van der Waals surface area (Å²) in [5, 5.41) is 1.96. The third-order valence-electron chi connectivity index (χ3n) is 4.42. The summed E-state index contributed by atoms with van der Waals surface area (Å²) in [7, 11) is -3.84. The minimum atomic E-state index is -3.84. The van der Waals surface area contributed by atoms with Gasteiger partial charge in [0.1, 0.15) is 0 Å². The topological polar surface area (TPSA) is 66.5 Å². The van der Waals surface area contributed by atoms with Crippen molar-refractivity contribution in [2.45, 2.75) is 19.3 Å². The fraction of sp³-hybridized carbons (Fsp3) is 0.250. The zero-order valence-corrected chi connectivity index (χ0v) is 17.4. The second kappa shape index (κ2) is 8.99. The van der Waals surface area contributed by atoms with Crippen molar-refractivity contribution in [2.24, 2.45) is 0 Å². The van der Waals surface area contributed by atoms with E-state index in [0.717, 1.165) is 24.7 Å². The van der Waals surface area contributed by atoms with E-state index in [-0.39, 0.29) is 17.2 Å². The first-order valence-electron chi connectivity index (χ1n) is 8.89. The van der Waals surface area contributed by atoms with Crippen LogP contribution in [0.15, 0.2) is 47.9 Å². The number of nitrogens with one attached hydrogen (secondary N) is 1. The molecular formula is C20H20Cl2N2O3S. The lowest BCUT2D eigenvalue weighted by molar-refractivity contribution is 0.0725. The third kappa shape index (κ3) is 5.50. The first-order valence-corrected chi connectivity index (χ1v) is 11.2. The summed E-state index contributed by atoms with van der Waals surface area (Å²) >= 11 is 11.9. The van der Waals surface area contributed by atoms with Gasteiger partial charge in [0.15, 0.2) is 0 Å². The average molecular weight is 439 g/mol. The highest BCUT2D eigenvalue weighted by atomic mass is 35.5. The lowest BCUT2D eigenvalue weighted by Gasteiger charge is -2.27. The van der Waals surface area contributed by atoms with E-state index in [1.165, 1.54) is 12.1 Å². The molecule has 1 fully saturated rings. The van der Waals surface area contributed by atoms with Crippen molar-refractivity contribution in [1.29, 1.82) is 0 Å². The molecule has 1 aliphatic heterocycles. The van der Waals surface area contributed by atoms with E-state index in [4.69, 9.17) is 23.2 Å². The number of anilines is 1. The van der Waals surface area contributed by atoms with Gasteiger partial charge in [0.05, 0.1) is 16.7 Å². The van der Waals surface area contributed by atoms with Crippen LogP contribution in [0.25, 0.3) is 6.08 Å². The van der Waals surface area contributed by atoms with Crippen molar-refractivity contribution in [1.82, 2.24) is 4.90 Å². The van der Waals surface area contributed by atoms with Crippen molar-refractivity contribution >= 4 is 50.9 Å². The SMILES string of the molecule is O=C(c1ccc(Cl)cc1NS(=O)(=O)/C=C/c1ccc(Cl)cc1)N1CCCCC1. The molecule has 2 aromatic carbocycles. The summed E-state index contributed by atoms with van der Waals surface area (Å²) in [5.41, 5.74) is 1.14. The van der Waals surface area contributed by atoms with Crippen molar-refractivity contribution in [3.63, 3.8) is 0 Å². The van der Waals surface area contributed by atoms with Gasteiger partial charge in [0, 0.05) is 23.1 Å². The Morgan fingerprint density at radius 2 is 1.61 bits per heavy atom. The fourth-order valence-electron chi connectivity index (χ4n) is 2.98. The summed E-state index contributed by atoms with van der Waals surface area (Å²) in [6, 6.07) is 11.4. The molecule has 148 valence electrons. The lowest BCUT2D eigenvalue weighted by Crippen LogP contribution is -2.36. The van der Waals surface area contributed by atoms with Crippen molar-refractivity contribution in [3.05, 3.63) is 69.0 Å². The number of amides is 1. The number of piperidine rings is 1. The maximum atomic E-state index is 12.8. The number of hydrogen-bond acceptors (Lipinski definition) is 3. The maximum absolute atomic E-state index is 12.8. The van der Waals surface area contributed by atoms with Gasteiger partial charge in [-0.15, -0.1) is 0 Å². The van der Waals surface area contributed by atoms with Crippen molar-refractivity contribution in [3.8, 4) is 0 Å². The van der Waals surface area contributed by atoms with Gasteiger partial charge in [-0.3, -0.25) is 9.52 Å². The smallest absolute Gasteiger partial charge is 0.255 e. The number of halogens is 2. The van der Waals surface area contributed by atoms with Crippen LogP contribution in [0.1, 0.15) is 35.2 Å².